The molecule has 0 N–H and O–H groups in total. The Morgan fingerprint density at radius 1 is 1.22 bits per heavy atom. The maximum Gasteiger partial charge on any atom is 0.261 e. The summed E-state index contributed by atoms with van der Waals surface area (Å²) in [7, 11) is 0. The van der Waals surface area contributed by atoms with Crippen molar-refractivity contribution in [2.45, 2.75) is 44.7 Å². The molecule has 2 aromatic heterocycles. The number of amides is 1. The van der Waals surface area contributed by atoms with Gasteiger partial charge in [0.25, 0.3) is 5.56 Å². The number of carbonyl (C=O) groups is 1. The van der Waals surface area contributed by atoms with E-state index in [2.05, 4.69) is 9.97 Å². The zero-order valence-corrected chi connectivity index (χ0v) is 13.0. The topological polar surface area (TPSA) is 68.1 Å². The van der Waals surface area contributed by atoms with Crippen LogP contribution in [0.5, 0.6) is 0 Å². The number of carbonyl (C=O) groups excluding carboxylic acids is 1. The summed E-state index contributed by atoms with van der Waals surface area (Å²) in [6.07, 6.45) is 10.0. The molecule has 2 fully saturated rings. The summed E-state index contributed by atoms with van der Waals surface area (Å²) < 4.78 is 1.64. The van der Waals surface area contributed by atoms with Crippen molar-refractivity contribution in [2.75, 3.05) is 6.54 Å². The molecule has 1 saturated heterocycles. The number of aromatic nitrogens is 3. The predicted molar refractivity (Wildman–Crippen MR) is 85.9 cm³/mol. The molecule has 0 spiro atoms. The lowest BCUT2D eigenvalue weighted by Gasteiger charge is -2.24. The molecular weight excluding hydrogens is 292 g/mol. The molecule has 6 heteroatoms. The van der Waals surface area contributed by atoms with Crippen molar-refractivity contribution in [3.8, 4) is 0 Å². The monoisotopic (exact) mass is 312 g/mol. The van der Waals surface area contributed by atoms with E-state index in [0.717, 1.165) is 19.4 Å². The molecule has 0 aromatic carbocycles. The maximum absolute atomic E-state index is 12.5. The molecule has 0 radical (unpaired) electrons. The van der Waals surface area contributed by atoms with Crippen LogP contribution in [0.3, 0.4) is 0 Å². The van der Waals surface area contributed by atoms with Crippen molar-refractivity contribution in [1.82, 2.24) is 19.4 Å². The van der Waals surface area contributed by atoms with Crippen molar-refractivity contribution in [1.29, 1.82) is 0 Å². The fourth-order valence-corrected chi connectivity index (χ4v) is 3.92. The molecule has 3 heterocycles. The first-order valence-electron chi connectivity index (χ1n) is 8.31. The number of hydrogen-bond acceptors (Lipinski definition) is 4. The lowest BCUT2D eigenvalue weighted by molar-refractivity contribution is -0.129. The molecule has 2 aromatic rings. The molecule has 1 saturated carbocycles. The minimum atomic E-state index is -0.0517. The van der Waals surface area contributed by atoms with Gasteiger partial charge in [0.2, 0.25) is 5.91 Å². The summed E-state index contributed by atoms with van der Waals surface area (Å²) in [6, 6.07) is 2.12. The third kappa shape index (κ3) is 2.62. The first-order valence-corrected chi connectivity index (χ1v) is 8.31. The van der Waals surface area contributed by atoms with Gasteiger partial charge in [0.15, 0.2) is 0 Å². The van der Waals surface area contributed by atoms with E-state index >= 15 is 0 Å². The van der Waals surface area contributed by atoms with E-state index < -0.39 is 0 Å². The van der Waals surface area contributed by atoms with Gasteiger partial charge in [-0.25, -0.2) is 4.98 Å². The van der Waals surface area contributed by atoms with Crippen molar-refractivity contribution < 1.29 is 4.79 Å². The van der Waals surface area contributed by atoms with Gasteiger partial charge in [-0.2, -0.15) is 0 Å². The Hall–Kier alpha value is -2.24. The molecule has 0 bridgehead atoms. The van der Waals surface area contributed by atoms with Crippen LogP contribution in [-0.2, 0) is 11.3 Å². The van der Waals surface area contributed by atoms with Gasteiger partial charge in [0.1, 0.15) is 0 Å². The summed E-state index contributed by atoms with van der Waals surface area (Å²) in [5.74, 6) is 0.440. The highest BCUT2D eigenvalue weighted by molar-refractivity contribution is 5.79. The lowest BCUT2D eigenvalue weighted by Crippen LogP contribution is -2.35. The van der Waals surface area contributed by atoms with E-state index in [1.54, 1.807) is 29.4 Å². The van der Waals surface area contributed by atoms with E-state index in [1.165, 1.54) is 12.8 Å². The van der Waals surface area contributed by atoms with Crippen LogP contribution < -0.4 is 5.56 Å². The Morgan fingerprint density at radius 2 is 2.04 bits per heavy atom. The molecule has 1 atom stereocenters. The van der Waals surface area contributed by atoms with E-state index in [0.29, 0.717) is 29.9 Å². The highest BCUT2D eigenvalue weighted by Gasteiger charge is 2.35. The minimum Gasteiger partial charge on any atom is -0.339 e. The molecule has 1 aliphatic heterocycles. The fraction of sp³-hybridized carbons (Fsp3) is 0.529. The van der Waals surface area contributed by atoms with Gasteiger partial charge in [-0.3, -0.25) is 19.1 Å². The lowest BCUT2D eigenvalue weighted by atomic mass is 10.1. The van der Waals surface area contributed by atoms with Gasteiger partial charge in [-0.15, -0.1) is 0 Å². The van der Waals surface area contributed by atoms with Crippen LogP contribution in [0.15, 0.2) is 29.6 Å². The Labute approximate surface area is 134 Å². The first-order chi connectivity index (χ1) is 11.2. The van der Waals surface area contributed by atoms with Crippen LogP contribution in [0, 0.1) is 5.92 Å². The van der Waals surface area contributed by atoms with E-state index in [1.807, 2.05) is 4.90 Å². The van der Waals surface area contributed by atoms with Crippen molar-refractivity contribution in [2.24, 2.45) is 5.92 Å². The number of fused-ring (bicyclic) bond motifs is 1. The number of likely N-dealkylation sites (tertiary alicyclic amines) is 1. The van der Waals surface area contributed by atoms with Crippen LogP contribution >= 0.6 is 0 Å². The second-order valence-electron chi connectivity index (χ2n) is 6.65. The van der Waals surface area contributed by atoms with Crippen molar-refractivity contribution in [3.05, 3.63) is 35.1 Å². The Morgan fingerprint density at radius 3 is 2.87 bits per heavy atom. The predicted octanol–water partition coefficient (Wildman–Crippen LogP) is 1.58. The maximum atomic E-state index is 12.5. The Balaban J connectivity index is 1.53. The summed E-state index contributed by atoms with van der Waals surface area (Å²) >= 11 is 0. The standard InChI is InChI=1S/C17H20N4O2/c22-16-7-12(10-21(16)13-3-1-2-4-13)9-20-11-19-15-8-18-6-5-14(15)17(20)23/h5-6,8,11-13H,1-4,7,9-10H2/t12-/m0/s1. The normalized spacial score (nSPS) is 22.3. The molecule has 23 heavy (non-hydrogen) atoms. The first kappa shape index (κ1) is 14.4. The second-order valence-corrected chi connectivity index (χ2v) is 6.65. The molecule has 4 rings (SSSR count). The quantitative estimate of drug-likeness (QED) is 0.863. The molecule has 0 unspecified atom stereocenters. The van der Waals surface area contributed by atoms with Gasteiger partial charge >= 0.3 is 0 Å². The van der Waals surface area contributed by atoms with Crippen LogP contribution in [0.25, 0.3) is 10.9 Å². The molecule has 2 aliphatic rings. The molecule has 1 aliphatic carbocycles. The molecule has 6 nitrogen and oxygen atoms in total. The molecule has 120 valence electrons. The summed E-state index contributed by atoms with van der Waals surface area (Å²) in [6.45, 7) is 1.32. The molecular formula is C17H20N4O2. The van der Waals surface area contributed by atoms with Crippen molar-refractivity contribution >= 4 is 16.8 Å². The van der Waals surface area contributed by atoms with Crippen LogP contribution in [0.2, 0.25) is 0 Å². The highest BCUT2D eigenvalue weighted by Crippen LogP contribution is 2.29. The fourth-order valence-electron chi connectivity index (χ4n) is 3.92. The van der Waals surface area contributed by atoms with Crippen LogP contribution in [-0.4, -0.2) is 37.9 Å². The second kappa shape index (κ2) is 5.76. The van der Waals surface area contributed by atoms with Gasteiger partial charge < -0.3 is 4.90 Å². The highest BCUT2D eigenvalue weighted by atomic mass is 16.2. The number of hydrogen-bond donors (Lipinski definition) is 0. The zero-order valence-electron chi connectivity index (χ0n) is 13.0. The summed E-state index contributed by atoms with van der Waals surface area (Å²) in [5.41, 5.74) is 0.563. The number of nitrogens with zero attached hydrogens (tertiary/aromatic N) is 4. The summed E-state index contributed by atoms with van der Waals surface area (Å²) in [5, 5.41) is 0.583. The Bertz CT molecular complexity index is 795. The smallest absolute Gasteiger partial charge is 0.261 e. The van der Waals surface area contributed by atoms with Gasteiger partial charge in [0.05, 0.1) is 23.4 Å². The third-order valence-electron chi connectivity index (χ3n) is 5.09. The third-order valence-corrected chi connectivity index (χ3v) is 5.09. The van der Waals surface area contributed by atoms with Gasteiger partial charge in [0, 0.05) is 37.7 Å². The van der Waals surface area contributed by atoms with Gasteiger partial charge in [-0.1, -0.05) is 12.8 Å². The van der Waals surface area contributed by atoms with Gasteiger partial charge in [-0.05, 0) is 18.9 Å². The van der Waals surface area contributed by atoms with E-state index in [9.17, 15) is 9.59 Å². The zero-order chi connectivity index (χ0) is 15.8. The molecule has 1 amide bonds. The number of pyridine rings is 1. The Kier molecular flexibility index (Phi) is 3.59. The van der Waals surface area contributed by atoms with E-state index in [-0.39, 0.29) is 17.4 Å². The average Bonchev–Trinajstić information content (AvgIpc) is 3.20. The van der Waals surface area contributed by atoms with E-state index in [4.69, 9.17) is 0 Å². The number of rotatable bonds is 3. The average molecular weight is 312 g/mol. The minimum absolute atomic E-state index is 0.0517. The van der Waals surface area contributed by atoms with Crippen LogP contribution in [0.1, 0.15) is 32.1 Å². The van der Waals surface area contributed by atoms with Crippen molar-refractivity contribution in [3.63, 3.8) is 0 Å². The SMILES string of the molecule is O=C1C[C@@H](Cn2cnc3cnccc3c2=O)CN1C1CCCC1. The summed E-state index contributed by atoms with van der Waals surface area (Å²) in [4.78, 5) is 35.1. The largest absolute Gasteiger partial charge is 0.339 e. The van der Waals surface area contributed by atoms with Crippen LogP contribution in [0.4, 0.5) is 0 Å².